The molecule has 0 aromatic carbocycles. The molecule has 0 radical (unpaired) electrons. The van der Waals surface area contributed by atoms with Gasteiger partial charge in [-0.05, 0) is 74.8 Å². The van der Waals surface area contributed by atoms with Gasteiger partial charge < -0.3 is 20.3 Å². The number of rotatable bonds is 11. The summed E-state index contributed by atoms with van der Waals surface area (Å²) in [6.07, 6.45) is 6.22. The Morgan fingerprint density at radius 2 is 1.80 bits per heavy atom. The lowest BCUT2D eigenvalue weighted by atomic mass is 9.54. The van der Waals surface area contributed by atoms with E-state index in [-0.39, 0.29) is 60.2 Å². The highest BCUT2D eigenvalue weighted by atomic mass is 35.5. The van der Waals surface area contributed by atoms with Crippen molar-refractivity contribution in [1.29, 1.82) is 0 Å². The highest BCUT2D eigenvalue weighted by Crippen LogP contribution is 2.53. The maximum Gasteiger partial charge on any atom is 0.291 e. The number of nitrogens with two attached hydrogens (primary N) is 1. The molecule has 1 aromatic rings. The number of halogens is 1. The summed E-state index contributed by atoms with van der Waals surface area (Å²) in [5.74, 6) is 2.75. The van der Waals surface area contributed by atoms with Crippen LogP contribution in [-0.2, 0) is 10.0 Å². The fourth-order valence-electron chi connectivity index (χ4n) is 6.13. The van der Waals surface area contributed by atoms with Crippen LogP contribution < -0.4 is 20.5 Å². The summed E-state index contributed by atoms with van der Waals surface area (Å²) in [7, 11) is -3.52. The van der Waals surface area contributed by atoms with E-state index in [2.05, 4.69) is 15.2 Å². The van der Waals surface area contributed by atoms with E-state index in [4.69, 9.17) is 15.0 Å². The molecule has 0 atom stereocenters. The average Bonchev–Trinajstić information content (AvgIpc) is 3.09. The number of nitrogens with one attached hydrogen (secondary N) is 2. The zero-order valence-corrected chi connectivity index (χ0v) is 23.4. The van der Waals surface area contributed by atoms with Crippen LogP contribution in [0.5, 0.6) is 5.88 Å². The van der Waals surface area contributed by atoms with Crippen molar-refractivity contribution in [2.24, 2.45) is 29.4 Å². The van der Waals surface area contributed by atoms with Crippen molar-refractivity contribution >= 4 is 40.1 Å². The molecule has 0 unspecified atom stereocenters. The van der Waals surface area contributed by atoms with Gasteiger partial charge in [-0.25, -0.2) is 13.1 Å². The molecule has 1 aromatic heterocycles. The van der Waals surface area contributed by atoms with Crippen molar-refractivity contribution in [1.82, 2.24) is 15.2 Å². The molecule has 9 nitrogen and oxygen atoms in total. The minimum absolute atomic E-state index is 0. The van der Waals surface area contributed by atoms with Gasteiger partial charge in [0.05, 0.1) is 11.3 Å². The number of aromatic nitrogens is 1. The largest absolute Gasteiger partial charge is 0.473 e. The molecule has 1 heterocycles. The second-order valence-corrected chi connectivity index (χ2v) is 14.6. The zero-order valence-electron chi connectivity index (χ0n) is 20.9. The molecular weight excluding hydrogens is 512 g/mol. The minimum atomic E-state index is -3.52. The third-order valence-corrected chi connectivity index (χ3v) is 9.80. The number of carbonyl (C=O) groups excluding carboxylic acids is 1. The summed E-state index contributed by atoms with van der Waals surface area (Å²) in [4.78, 5) is 13.8. The molecule has 4 fully saturated rings. The molecule has 0 spiro atoms. The van der Waals surface area contributed by atoms with Crippen molar-refractivity contribution in [3.63, 3.8) is 0 Å². The predicted octanol–water partition coefficient (Wildman–Crippen LogP) is 3.19. The van der Waals surface area contributed by atoms with Crippen LogP contribution in [0.1, 0.15) is 70.4 Å². The molecule has 200 valence electrons. The molecule has 12 heteroatoms. The molecule has 4 N–H and O–H groups in total. The van der Waals surface area contributed by atoms with E-state index in [0.29, 0.717) is 16.7 Å². The van der Waals surface area contributed by atoms with E-state index in [1.807, 2.05) is 13.8 Å². The maximum atomic E-state index is 13.3. The zero-order chi connectivity index (χ0) is 24.7. The number of carbonyl (C=O) groups is 1. The third-order valence-electron chi connectivity index (χ3n) is 7.09. The van der Waals surface area contributed by atoms with Crippen molar-refractivity contribution in [2.45, 2.75) is 81.5 Å². The molecule has 35 heavy (non-hydrogen) atoms. The molecule has 4 saturated carbocycles. The van der Waals surface area contributed by atoms with Crippen molar-refractivity contribution in [3.8, 4) is 5.88 Å². The molecule has 0 aliphatic heterocycles. The monoisotopic (exact) mass is 550 g/mol. The Kier molecular flexibility index (Phi) is 9.11. The minimum Gasteiger partial charge on any atom is -0.473 e. The first-order valence-corrected chi connectivity index (χ1v) is 14.8. The quantitative estimate of drug-likeness (QED) is 0.357. The lowest BCUT2D eigenvalue weighted by molar-refractivity contribution is -0.0124. The highest BCUT2D eigenvalue weighted by Gasteiger charge is 2.49. The van der Waals surface area contributed by atoms with Crippen LogP contribution in [0.25, 0.3) is 0 Å². The van der Waals surface area contributed by atoms with Gasteiger partial charge in [0.15, 0.2) is 0 Å². The number of nitrogens with zero attached hydrogens (tertiary/aromatic N) is 1. The number of amides is 1. The van der Waals surface area contributed by atoms with E-state index < -0.39 is 15.6 Å². The van der Waals surface area contributed by atoms with E-state index in [1.54, 1.807) is 13.8 Å². The Hall–Kier alpha value is -1.01. The van der Waals surface area contributed by atoms with Crippen LogP contribution in [0.3, 0.4) is 0 Å². The maximum absolute atomic E-state index is 13.3. The molecule has 4 aliphatic carbocycles. The van der Waals surface area contributed by atoms with Crippen LogP contribution in [0.4, 0.5) is 0 Å². The summed E-state index contributed by atoms with van der Waals surface area (Å²) in [6, 6.07) is 0.197. The first-order chi connectivity index (χ1) is 16.0. The van der Waals surface area contributed by atoms with E-state index in [1.165, 1.54) is 43.9 Å². The first-order valence-electron chi connectivity index (χ1n) is 12.3. The topological polar surface area (TPSA) is 137 Å². The van der Waals surface area contributed by atoms with E-state index in [0.717, 1.165) is 11.8 Å². The van der Waals surface area contributed by atoms with Crippen LogP contribution in [-0.4, -0.2) is 55.2 Å². The number of hydrogen-bond donors (Lipinski definition) is 3. The van der Waals surface area contributed by atoms with Gasteiger partial charge in [0.1, 0.15) is 11.5 Å². The summed E-state index contributed by atoms with van der Waals surface area (Å²) >= 11 is 1.45. The average molecular weight is 551 g/mol. The highest BCUT2D eigenvalue weighted by molar-refractivity contribution is 8.00. The summed E-state index contributed by atoms with van der Waals surface area (Å²) in [6.45, 7) is 7.53. The van der Waals surface area contributed by atoms with Gasteiger partial charge in [-0.2, -0.15) is 0 Å². The second-order valence-electron chi connectivity index (χ2n) is 11.1. The fourth-order valence-corrected chi connectivity index (χ4v) is 8.35. The van der Waals surface area contributed by atoms with Gasteiger partial charge in [-0.15, -0.1) is 24.2 Å². The molecule has 4 aliphatic rings. The fraction of sp³-hybridized carbons (Fsp3) is 0.826. The lowest BCUT2D eigenvalue weighted by Crippen LogP contribution is -2.55. The second kappa shape index (κ2) is 11.2. The normalized spacial score (nSPS) is 27.7. The molecular formula is C23H39ClN4O5S2. The SMILES string of the molecule is CC(C)Sc1c(OCC(C)(C)NS(=O)(=O)CCN)noc1C(=O)NC1C2CC3CC(C2)CC1C3.Cl. The smallest absolute Gasteiger partial charge is 0.291 e. The molecule has 5 rings (SSSR count). The Labute approximate surface area is 218 Å². The number of ether oxygens (including phenoxy) is 1. The summed E-state index contributed by atoms with van der Waals surface area (Å²) < 4.78 is 38.2. The van der Waals surface area contributed by atoms with Crippen molar-refractivity contribution in [3.05, 3.63) is 5.76 Å². The Bertz CT molecular complexity index is 970. The number of hydrogen-bond acceptors (Lipinski definition) is 8. The summed E-state index contributed by atoms with van der Waals surface area (Å²) in [5.41, 5.74) is 4.49. The molecule has 4 bridgehead atoms. The van der Waals surface area contributed by atoms with Gasteiger partial charge in [0.2, 0.25) is 15.8 Å². The predicted molar refractivity (Wildman–Crippen MR) is 139 cm³/mol. The standard InChI is InChI=1S/C23H38N4O5S2.ClH/c1-13(2)33-20-19(21(28)25-18-16-8-14-7-15(10-16)11-17(18)9-14)32-26-22(20)31-12-23(3,4)27-34(29,30)6-5-24;/h13-18,27H,5-12,24H2,1-4H3,(H,25,28);1H. The van der Waals surface area contributed by atoms with Crippen LogP contribution >= 0.6 is 24.2 Å². The van der Waals surface area contributed by atoms with Crippen LogP contribution in [0.2, 0.25) is 0 Å². The number of thioether (sulfide) groups is 1. The molecule has 0 saturated heterocycles. The Morgan fingerprint density at radius 1 is 1.20 bits per heavy atom. The van der Waals surface area contributed by atoms with Gasteiger partial charge in [0.25, 0.3) is 11.8 Å². The van der Waals surface area contributed by atoms with Gasteiger partial charge in [0, 0.05) is 17.8 Å². The molecule has 1 amide bonds. The lowest BCUT2D eigenvalue weighted by Gasteiger charge is -2.54. The van der Waals surface area contributed by atoms with E-state index in [9.17, 15) is 13.2 Å². The van der Waals surface area contributed by atoms with Crippen LogP contribution in [0.15, 0.2) is 9.42 Å². The Morgan fingerprint density at radius 3 is 2.34 bits per heavy atom. The van der Waals surface area contributed by atoms with Gasteiger partial charge in [-0.1, -0.05) is 13.8 Å². The van der Waals surface area contributed by atoms with E-state index >= 15 is 0 Å². The third kappa shape index (κ3) is 6.85. The Balaban J connectivity index is 0.00000342. The summed E-state index contributed by atoms with van der Waals surface area (Å²) in [5, 5.41) is 7.48. The van der Waals surface area contributed by atoms with Crippen molar-refractivity contribution in [2.75, 3.05) is 18.9 Å². The number of sulfonamides is 1. The van der Waals surface area contributed by atoms with Crippen LogP contribution in [0, 0.1) is 23.7 Å². The van der Waals surface area contributed by atoms with Gasteiger partial charge >= 0.3 is 0 Å². The van der Waals surface area contributed by atoms with Gasteiger partial charge in [-0.3, -0.25) is 4.79 Å². The first kappa shape index (κ1) is 28.6. The van der Waals surface area contributed by atoms with Crippen molar-refractivity contribution < 1.29 is 22.5 Å².